The first-order valence-corrected chi connectivity index (χ1v) is 11.8. The highest BCUT2D eigenvalue weighted by Gasteiger charge is 2.30. The lowest BCUT2D eigenvalue weighted by molar-refractivity contribution is -0.138. The van der Waals surface area contributed by atoms with Crippen molar-refractivity contribution in [2.75, 3.05) is 6.61 Å². The smallest absolute Gasteiger partial charge is 0.416 e. The minimum absolute atomic E-state index is 0.0458. The number of carboxylic acid groups (broad SMARTS) is 1. The van der Waals surface area contributed by atoms with Gasteiger partial charge in [0.15, 0.2) is 0 Å². The molecule has 2 aromatic heterocycles. The average molecular weight is 504 g/mol. The molecule has 0 aliphatic rings. The van der Waals surface area contributed by atoms with Gasteiger partial charge in [-0.3, -0.25) is 4.79 Å². The van der Waals surface area contributed by atoms with E-state index in [2.05, 4.69) is 9.55 Å². The zero-order valence-corrected chi connectivity index (χ0v) is 20.3. The van der Waals surface area contributed by atoms with Crippen LogP contribution in [0.1, 0.15) is 40.4 Å². The minimum atomic E-state index is -4.38. The summed E-state index contributed by atoms with van der Waals surface area (Å²) in [6, 6.07) is 8.82. The number of aryl methyl sites for hydroxylation is 3. The van der Waals surface area contributed by atoms with E-state index in [9.17, 15) is 18.0 Å². The third kappa shape index (κ3) is 5.48. The average Bonchev–Trinajstić information content (AvgIpc) is 3.31. The van der Waals surface area contributed by atoms with Gasteiger partial charge in [0.25, 0.3) is 0 Å². The van der Waals surface area contributed by atoms with Crippen molar-refractivity contribution in [2.24, 2.45) is 0 Å². The number of fused-ring (bicyclic) bond motifs is 1. The molecule has 1 N–H and O–H groups in total. The lowest BCUT2D eigenvalue weighted by atomic mass is 10.1. The molecule has 0 atom stereocenters. The van der Waals surface area contributed by atoms with Crippen molar-refractivity contribution in [1.29, 1.82) is 0 Å². The van der Waals surface area contributed by atoms with Crippen molar-refractivity contribution in [1.82, 2.24) is 14.5 Å². The van der Waals surface area contributed by atoms with E-state index < -0.39 is 17.7 Å². The van der Waals surface area contributed by atoms with Gasteiger partial charge >= 0.3 is 12.1 Å². The van der Waals surface area contributed by atoms with E-state index in [0.29, 0.717) is 35.9 Å². The third-order valence-electron chi connectivity index (χ3n) is 5.67. The maximum Gasteiger partial charge on any atom is 0.416 e. The van der Waals surface area contributed by atoms with Gasteiger partial charge < -0.3 is 14.4 Å². The van der Waals surface area contributed by atoms with E-state index in [1.165, 1.54) is 23.5 Å². The zero-order valence-electron chi connectivity index (χ0n) is 19.4. The second-order valence-corrected chi connectivity index (χ2v) is 9.39. The predicted molar refractivity (Wildman–Crippen MR) is 128 cm³/mol. The molecule has 0 aliphatic heterocycles. The molecule has 0 bridgehead atoms. The van der Waals surface area contributed by atoms with Crippen LogP contribution in [-0.2, 0) is 17.5 Å². The molecule has 0 radical (unpaired) electrons. The number of hydrogen-bond donors (Lipinski definition) is 1. The number of aromatic nitrogens is 3. The van der Waals surface area contributed by atoms with Gasteiger partial charge in [-0.2, -0.15) is 13.2 Å². The molecule has 0 saturated carbocycles. The Morgan fingerprint density at radius 1 is 1.11 bits per heavy atom. The van der Waals surface area contributed by atoms with E-state index >= 15 is 0 Å². The Morgan fingerprint density at radius 2 is 1.83 bits per heavy atom. The highest BCUT2D eigenvalue weighted by atomic mass is 32.1. The topological polar surface area (TPSA) is 77.2 Å². The molecule has 6 nitrogen and oxygen atoms in total. The van der Waals surface area contributed by atoms with Gasteiger partial charge in [0.2, 0.25) is 0 Å². The first kappa shape index (κ1) is 24.7. The van der Waals surface area contributed by atoms with E-state index in [1.807, 2.05) is 32.9 Å². The summed E-state index contributed by atoms with van der Waals surface area (Å²) in [6.45, 7) is 6.56. The van der Waals surface area contributed by atoms with Crippen LogP contribution in [0.3, 0.4) is 0 Å². The van der Waals surface area contributed by atoms with E-state index in [1.54, 1.807) is 0 Å². The Balaban J connectivity index is 1.60. The first-order chi connectivity index (χ1) is 16.5. The molecule has 0 fully saturated rings. The number of carbonyl (C=O) groups is 1. The maximum absolute atomic E-state index is 12.9. The Labute approximate surface area is 204 Å². The third-order valence-corrected chi connectivity index (χ3v) is 6.86. The fraction of sp³-hybridized carbons (Fsp3) is 0.320. The molecule has 2 heterocycles. The summed E-state index contributed by atoms with van der Waals surface area (Å²) in [5.41, 5.74) is 3.45. The number of halogens is 3. The second-order valence-electron chi connectivity index (χ2n) is 8.30. The second kappa shape index (κ2) is 9.69. The number of aliphatic carboxylic acids is 1. The largest absolute Gasteiger partial charge is 0.493 e. The quantitative estimate of drug-likeness (QED) is 0.282. The van der Waals surface area contributed by atoms with Crippen LogP contribution in [-0.4, -0.2) is 32.2 Å². The molecular weight excluding hydrogens is 479 g/mol. The summed E-state index contributed by atoms with van der Waals surface area (Å²) in [5, 5.41) is 9.46. The van der Waals surface area contributed by atoms with Crippen molar-refractivity contribution in [3.05, 3.63) is 63.9 Å². The van der Waals surface area contributed by atoms with Crippen molar-refractivity contribution in [2.45, 2.75) is 46.3 Å². The molecule has 0 unspecified atom stereocenters. The van der Waals surface area contributed by atoms with Crippen LogP contribution in [0.4, 0.5) is 13.2 Å². The normalized spacial score (nSPS) is 11.8. The van der Waals surface area contributed by atoms with Crippen LogP contribution in [0.15, 0.2) is 36.4 Å². The summed E-state index contributed by atoms with van der Waals surface area (Å²) in [7, 11) is 0. The van der Waals surface area contributed by atoms with Gasteiger partial charge in [-0.1, -0.05) is 12.1 Å². The molecule has 0 aliphatic carbocycles. The number of nitrogens with zero attached hydrogens (tertiary/aromatic N) is 3. The van der Waals surface area contributed by atoms with E-state index in [4.69, 9.17) is 14.8 Å². The van der Waals surface area contributed by atoms with Gasteiger partial charge in [0.05, 0.1) is 35.4 Å². The number of thiazole rings is 1. The summed E-state index contributed by atoms with van der Waals surface area (Å²) in [4.78, 5) is 21.0. The molecular formula is C25H24F3N3O3S. The fourth-order valence-electron chi connectivity index (χ4n) is 3.82. The minimum Gasteiger partial charge on any atom is -0.493 e. The lowest BCUT2D eigenvalue weighted by Gasteiger charge is -2.10. The summed E-state index contributed by atoms with van der Waals surface area (Å²) in [6.07, 6.45) is -3.92. The van der Waals surface area contributed by atoms with E-state index in [-0.39, 0.29) is 6.42 Å². The van der Waals surface area contributed by atoms with Gasteiger partial charge in [0, 0.05) is 22.9 Å². The summed E-state index contributed by atoms with van der Waals surface area (Å²) in [5.74, 6) is 0.604. The van der Waals surface area contributed by atoms with E-state index in [0.717, 1.165) is 45.1 Å². The fourth-order valence-corrected chi connectivity index (χ4v) is 4.87. The zero-order chi connectivity index (χ0) is 25.3. The van der Waals surface area contributed by atoms with Crippen molar-refractivity contribution in [3.63, 3.8) is 0 Å². The molecule has 0 spiro atoms. The first-order valence-electron chi connectivity index (χ1n) is 11.0. The van der Waals surface area contributed by atoms with Gasteiger partial charge in [-0.15, -0.1) is 11.3 Å². The van der Waals surface area contributed by atoms with Crippen molar-refractivity contribution >= 4 is 28.3 Å². The van der Waals surface area contributed by atoms with Crippen molar-refractivity contribution < 1.29 is 27.8 Å². The van der Waals surface area contributed by atoms with Gasteiger partial charge in [-0.05, 0) is 51.0 Å². The Hall–Kier alpha value is -3.40. The Morgan fingerprint density at radius 3 is 2.49 bits per heavy atom. The SMILES string of the molecule is Cc1nc(-c2ccc(C(F)(F)F)cc2)sc1Cn1c(C)nc2c(C)cc(OCCCC(=O)O)cc21. The number of imidazole rings is 1. The Kier molecular flexibility index (Phi) is 6.84. The van der Waals surface area contributed by atoms with Crippen LogP contribution in [0.25, 0.3) is 21.6 Å². The molecule has 184 valence electrons. The van der Waals surface area contributed by atoms with Crippen LogP contribution >= 0.6 is 11.3 Å². The Bertz CT molecular complexity index is 1370. The molecule has 2 aromatic carbocycles. The molecule has 0 saturated heterocycles. The highest BCUT2D eigenvalue weighted by molar-refractivity contribution is 7.15. The van der Waals surface area contributed by atoms with Gasteiger partial charge in [-0.25, -0.2) is 9.97 Å². The number of rotatable bonds is 8. The molecule has 0 amide bonds. The number of benzene rings is 2. The number of alkyl halides is 3. The predicted octanol–water partition coefficient (Wildman–Crippen LogP) is 6.40. The van der Waals surface area contributed by atoms with Crippen LogP contribution in [0.5, 0.6) is 5.75 Å². The van der Waals surface area contributed by atoms with Crippen LogP contribution in [0, 0.1) is 20.8 Å². The monoisotopic (exact) mass is 503 g/mol. The molecule has 35 heavy (non-hydrogen) atoms. The summed E-state index contributed by atoms with van der Waals surface area (Å²) >= 11 is 1.44. The maximum atomic E-state index is 12.9. The van der Waals surface area contributed by atoms with Crippen LogP contribution < -0.4 is 4.74 Å². The number of ether oxygens (including phenoxy) is 1. The highest BCUT2D eigenvalue weighted by Crippen LogP contribution is 2.34. The molecule has 4 aromatic rings. The van der Waals surface area contributed by atoms with Gasteiger partial charge in [0.1, 0.15) is 16.6 Å². The van der Waals surface area contributed by atoms with Crippen molar-refractivity contribution in [3.8, 4) is 16.3 Å². The molecule has 10 heteroatoms. The number of hydrogen-bond acceptors (Lipinski definition) is 5. The lowest BCUT2D eigenvalue weighted by Crippen LogP contribution is -2.04. The van der Waals surface area contributed by atoms with Crippen LogP contribution in [0.2, 0.25) is 0 Å². The summed E-state index contributed by atoms with van der Waals surface area (Å²) < 4.78 is 46.5. The number of carboxylic acids is 1. The standard InChI is InChI=1S/C25H24F3N3O3S/c1-14-11-19(34-10-4-5-22(32)33)12-20-23(14)30-16(3)31(20)13-21-15(2)29-24(35-21)17-6-8-18(9-7-17)25(26,27)28/h6-9,11-12H,4-5,10,13H2,1-3H3,(H,32,33). The molecule has 4 rings (SSSR count).